The third kappa shape index (κ3) is 4.32. The van der Waals surface area contributed by atoms with Gasteiger partial charge in [0.15, 0.2) is 5.78 Å². The number of unbranched alkanes of at least 4 members (excludes halogenated alkanes) is 2. The molecule has 0 bridgehead atoms. The van der Waals surface area contributed by atoms with E-state index in [1.165, 1.54) is 18.4 Å². The number of Topliss-reactive ketones (excluding diaryl/α,β-unsaturated/α-hetero) is 1. The molecule has 0 aromatic heterocycles. The van der Waals surface area contributed by atoms with Gasteiger partial charge in [0, 0.05) is 0 Å². The van der Waals surface area contributed by atoms with Crippen molar-refractivity contribution in [1.82, 2.24) is 0 Å². The van der Waals surface area contributed by atoms with Crippen molar-refractivity contribution in [2.75, 3.05) is 0 Å². The van der Waals surface area contributed by atoms with Gasteiger partial charge in [0.05, 0.1) is 0 Å². The van der Waals surface area contributed by atoms with Gasteiger partial charge in [-0.2, -0.15) is 0 Å². The Morgan fingerprint density at radius 1 is 1.08 bits per heavy atom. The molecule has 0 N–H and O–H groups in total. The third-order valence-electron chi connectivity index (χ3n) is 2.06. The summed E-state index contributed by atoms with van der Waals surface area (Å²) in [5.41, 5.74) is 2.21. The van der Waals surface area contributed by atoms with Crippen molar-refractivity contribution < 1.29 is 4.79 Å². The number of hydrogen-bond acceptors (Lipinski definition) is 1. The predicted octanol–water partition coefficient (Wildman–Crippen LogP) is 3.49. The van der Waals surface area contributed by atoms with E-state index in [0.717, 1.165) is 18.4 Å². The Balaban J connectivity index is 4.00. The van der Waals surface area contributed by atoms with E-state index in [4.69, 9.17) is 0 Å². The topological polar surface area (TPSA) is 17.1 Å². The predicted molar refractivity (Wildman–Crippen MR) is 53.2 cm³/mol. The van der Waals surface area contributed by atoms with E-state index < -0.39 is 0 Å². The quantitative estimate of drug-likeness (QED) is 0.453. The Morgan fingerprint density at radius 3 is 2.00 bits per heavy atom. The average molecular weight is 168 g/mol. The lowest BCUT2D eigenvalue weighted by Gasteiger charge is -2.04. The zero-order valence-corrected chi connectivity index (χ0v) is 8.74. The lowest BCUT2D eigenvalue weighted by molar-refractivity contribution is -0.113. The normalized spacial score (nSPS) is 9.67. The standard InChI is InChI=1S/C11H20O/c1-5-6-7-8-11(9(2)3)10(4)12/h5-8H2,1-4H3. The van der Waals surface area contributed by atoms with Crippen LogP contribution in [0.25, 0.3) is 0 Å². The average Bonchev–Trinajstić information content (AvgIpc) is 1.96. The van der Waals surface area contributed by atoms with Gasteiger partial charge in [-0.1, -0.05) is 25.3 Å². The minimum Gasteiger partial charge on any atom is -0.295 e. The molecule has 0 atom stereocenters. The molecular weight excluding hydrogens is 148 g/mol. The molecule has 0 aromatic carbocycles. The van der Waals surface area contributed by atoms with Crippen LogP contribution in [0, 0.1) is 0 Å². The molecule has 1 nitrogen and oxygen atoms in total. The smallest absolute Gasteiger partial charge is 0.155 e. The van der Waals surface area contributed by atoms with E-state index in [9.17, 15) is 4.79 Å². The van der Waals surface area contributed by atoms with E-state index in [0.29, 0.717) is 0 Å². The first-order chi connectivity index (χ1) is 5.59. The molecule has 1 heteroatoms. The molecule has 0 aliphatic rings. The number of rotatable bonds is 5. The summed E-state index contributed by atoms with van der Waals surface area (Å²) < 4.78 is 0. The maximum absolute atomic E-state index is 11.1. The van der Waals surface area contributed by atoms with Crippen molar-refractivity contribution in [3.05, 3.63) is 11.1 Å². The Kier molecular flexibility index (Phi) is 5.69. The summed E-state index contributed by atoms with van der Waals surface area (Å²) in [6.07, 6.45) is 4.56. The molecular formula is C11H20O. The van der Waals surface area contributed by atoms with Gasteiger partial charge in [0.2, 0.25) is 0 Å². The molecule has 0 aliphatic carbocycles. The molecule has 0 aromatic rings. The second-order valence-corrected chi connectivity index (χ2v) is 3.49. The molecule has 0 heterocycles. The van der Waals surface area contributed by atoms with E-state index >= 15 is 0 Å². The van der Waals surface area contributed by atoms with E-state index in [1.54, 1.807) is 6.92 Å². The zero-order valence-electron chi connectivity index (χ0n) is 8.74. The summed E-state index contributed by atoms with van der Waals surface area (Å²) in [6, 6.07) is 0. The summed E-state index contributed by atoms with van der Waals surface area (Å²) in [7, 11) is 0. The third-order valence-corrected chi connectivity index (χ3v) is 2.06. The number of carbonyl (C=O) groups is 1. The molecule has 12 heavy (non-hydrogen) atoms. The largest absolute Gasteiger partial charge is 0.295 e. The van der Waals surface area contributed by atoms with Crippen LogP contribution in [0.2, 0.25) is 0 Å². The zero-order chi connectivity index (χ0) is 9.56. The van der Waals surface area contributed by atoms with Crippen LogP contribution in [0.1, 0.15) is 53.4 Å². The first-order valence-electron chi connectivity index (χ1n) is 4.76. The Labute approximate surface area is 75.9 Å². The highest BCUT2D eigenvalue weighted by molar-refractivity contribution is 5.93. The summed E-state index contributed by atoms with van der Waals surface area (Å²) in [5, 5.41) is 0. The fraction of sp³-hybridized carbons (Fsp3) is 0.727. The highest BCUT2D eigenvalue weighted by Crippen LogP contribution is 2.13. The van der Waals surface area contributed by atoms with Crippen LogP contribution in [-0.4, -0.2) is 5.78 Å². The van der Waals surface area contributed by atoms with Crippen LogP contribution >= 0.6 is 0 Å². The minimum atomic E-state index is 0.242. The summed E-state index contributed by atoms with van der Waals surface area (Å²) in [4.78, 5) is 11.1. The molecule has 0 unspecified atom stereocenters. The maximum Gasteiger partial charge on any atom is 0.155 e. The maximum atomic E-state index is 11.1. The number of ketones is 1. The summed E-state index contributed by atoms with van der Waals surface area (Å²) in [6.45, 7) is 7.87. The van der Waals surface area contributed by atoms with Crippen molar-refractivity contribution in [1.29, 1.82) is 0 Å². The molecule has 0 saturated heterocycles. The van der Waals surface area contributed by atoms with Crippen LogP contribution in [0.3, 0.4) is 0 Å². The van der Waals surface area contributed by atoms with Gasteiger partial charge in [-0.25, -0.2) is 0 Å². The molecule has 0 aliphatic heterocycles. The van der Waals surface area contributed by atoms with Gasteiger partial charge in [0.25, 0.3) is 0 Å². The minimum absolute atomic E-state index is 0.242. The lowest BCUT2D eigenvalue weighted by Crippen LogP contribution is -1.98. The number of carbonyl (C=O) groups excluding carboxylic acids is 1. The molecule has 0 radical (unpaired) electrons. The molecule has 70 valence electrons. The van der Waals surface area contributed by atoms with E-state index in [2.05, 4.69) is 6.92 Å². The van der Waals surface area contributed by atoms with Crippen molar-refractivity contribution in [3.63, 3.8) is 0 Å². The molecule has 0 spiro atoms. The second kappa shape index (κ2) is 5.99. The second-order valence-electron chi connectivity index (χ2n) is 3.49. The first kappa shape index (κ1) is 11.4. The number of hydrogen-bond donors (Lipinski definition) is 0. The van der Waals surface area contributed by atoms with Crippen LogP contribution < -0.4 is 0 Å². The molecule has 0 saturated carbocycles. The molecule has 0 amide bonds. The highest BCUT2D eigenvalue weighted by atomic mass is 16.1. The number of allylic oxidation sites excluding steroid dienone is 2. The van der Waals surface area contributed by atoms with E-state index in [-0.39, 0.29) is 5.78 Å². The van der Waals surface area contributed by atoms with Crippen molar-refractivity contribution in [2.45, 2.75) is 53.4 Å². The Hall–Kier alpha value is -0.590. The van der Waals surface area contributed by atoms with Gasteiger partial charge in [-0.05, 0) is 39.2 Å². The molecule has 0 rings (SSSR count). The van der Waals surface area contributed by atoms with Gasteiger partial charge in [-0.15, -0.1) is 0 Å². The molecule has 0 fully saturated rings. The fourth-order valence-electron chi connectivity index (χ4n) is 1.33. The lowest BCUT2D eigenvalue weighted by atomic mass is 10.0. The Morgan fingerprint density at radius 2 is 1.67 bits per heavy atom. The van der Waals surface area contributed by atoms with Gasteiger partial charge in [0.1, 0.15) is 0 Å². The van der Waals surface area contributed by atoms with E-state index in [1.807, 2.05) is 13.8 Å². The van der Waals surface area contributed by atoms with Gasteiger partial charge >= 0.3 is 0 Å². The summed E-state index contributed by atoms with van der Waals surface area (Å²) in [5.74, 6) is 0.242. The highest BCUT2D eigenvalue weighted by Gasteiger charge is 2.04. The fourth-order valence-corrected chi connectivity index (χ4v) is 1.33. The van der Waals surface area contributed by atoms with Crippen LogP contribution in [-0.2, 0) is 4.79 Å². The van der Waals surface area contributed by atoms with Crippen molar-refractivity contribution in [3.8, 4) is 0 Å². The van der Waals surface area contributed by atoms with Crippen molar-refractivity contribution in [2.24, 2.45) is 0 Å². The van der Waals surface area contributed by atoms with Crippen LogP contribution in [0.5, 0.6) is 0 Å². The SMILES string of the molecule is CCCCCC(C(C)=O)=C(C)C. The van der Waals surface area contributed by atoms with Crippen LogP contribution in [0.15, 0.2) is 11.1 Å². The monoisotopic (exact) mass is 168 g/mol. The van der Waals surface area contributed by atoms with Gasteiger partial charge < -0.3 is 0 Å². The Bertz CT molecular complexity index is 173. The van der Waals surface area contributed by atoms with Crippen LogP contribution in [0.4, 0.5) is 0 Å². The van der Waals surface area contributed by atoms with Gasteiger partial charge in [-0.3, -0.25) is 4.79 Å². The summed E-state index contributed by atoms with van der Waals surface area (Å²) >= 11 is 0. The van der Waals surface area contributed by atoms with Crippen molar-refractivity contribution >= 4 is 5.78 Å². The first-order valence-corrected chi connectivity index (χ1v) is 4.76.